The second-order valence-corrected chi connectivity index (χ2v) is 8.61. The van der Waals surface area contributed by atoms with E-state index in [2.05, 4.69) is 12.2 Å². The Hall–Kier alpha value is -3.18. The number of carbonyl (C=O) groups excluding carboxylic acids is 3. The summed E-state index contributed by atoms with van der Waals surface area (Å²) in [7, 11) is 0. The molecule has 2 atom stereocenters. The van der Waals surface area contributed by atoms with Crippen molar-refractivity contribution >= 4 is 34.2 Å². The van der Waals surface area contributed by atoms with E-state index in [-0.39, 0.29) is 12.2 Å². The van der Waals surface area contributed by atoms with Crippen LogP contribution in [-0.4, -0.2) is 30.6 Å². The van der Waals surface area contributed by atoms with Crippen LogP contribution in [-0.2, 0) is 27.1 Å². The summed E-state index contributed by atoms with van der Waals surface area (Å²) in [5.74, 6) is -1.14. The first kappa shape index (κ1) is 22.5. The van der Waals surface area contributed by atoms with E-state index in [1.165, 1.54) is 42.5 Å². The molecule has 1 heterocycles. The van der Waals surface area contributed by atoms with Crippen LogP contribution < -0.4 is 5.32 Å². The SMILES string of the molecule is CCOC(=O)c1c(NC(=O)[C@H](C)OC(=O)c2ccc(C#N)cc2)sc2c1CC[C@H](C)C2. The van der Waals surface area contributed by atoms with Crippen LogP contribution in [0.2, 0.25) is 0 Å². The smallest absolute Gasteiger partial charge is 0.341 e. The summed E-state index contributed by atoms with van der Waals surface area (Å²) in [5.41, 5.74) is 2.02. The van der Waals surface area contributed by atoms with Gasteiger partial charge in [0.1, 0.15) is 5.00 Å². The summed E-state index contributed by atoms with van der Waals surface area (Å²) in [5, 5.41) is 12.0. The zero-order valence-electron chi connectivity index (χ0n) is 17.7. The zero-order chi connectivity index (χ0) is 22.5. The van der Waals surface area contributed by atoms with Gasteiger partial charge in [-0.15, -0.1) is 11.3 Å². The van der Waals surface area contributed by atoms with Crippen LogP contribution >= 0.6 is 11.3 Å². The third-order valence-corrected chi connectivity index (χ3v) is 6.30. The van der Waals surface area contributed by atoms with Crippen molar-refractivity contribution in [3.05, 3.63) is 51.4 Å². The van der Waals surface area contributed by atoms with Crippen LogP contribution in [0.3, 0.4) is 0 Å². The van der Waals surface area contributed by atoms with Gasteiger partial charge in [-0.3, -0.25) is 4.79 Å². The molecule has 3 rings (SSSR count). The molecular weight excluding hydrogens is 416 g/mol. The maximum atomic E-state index is 12.7. The summed E-state index contributed by atoms with van der Waals surface area (Å²) in [6.45, 7) is 5.61. The molecule has 1 aromatic heterocycles. The number of nitriles is 1. The molecule has 0 spiro atoms. The molecule has 0 fully saturated rings. The van der Waals surface area contributed by atoms with Gasteiger partial charge in [0.25, 0.3) is 5.91 Å². The molecule has 1 N–H and O–H groups in total. The highest BCUT2D eigenvalue weighted by atomic mass is 32.1. The Balaban J connectivity index is 1.75. The quantitative estimate of drug-likeness (QED) is 0.678. The number of carbonyl (C=O) groups is 3. The molecule has 0 saturated carbocycles. The highest BCUT2D eigenvalue weighted by Gasteiger charge is 2.30. The van der Waals surface area contributed by atoms with Gasteiger partial charge >= 0.3 is 11.9 Å². The van der Waals surface area contributed by atoms with Gasteiger partial charge in [-0.25, -0.2) is 9.59 Å². The Bertz CT molecular complexity index is 1040. The molecule has 1 amide bonds. The van der Waals surface area contributed by atoms with E-state index in [1.807, 2.05) is 6.07 Å². The van der Waals surface area contributed by atoms with Crippen molar-refractivity contribution in [3.8, 4) is 6.07 Å². The number of hydrogen-bond acceptors (Lipinski definition) is 7. The first-order valence-electron chi connectivity index (χ1n) is 10.2. The van der Waals surface area contributed by atoms with Crippen molar-refractivity contribution in [2.45, 2.75) is 46.1 Å². The fourth-order valence-electron chi connectivity index (χ4n) is 3.43. The molecule has 0 aliphatic heterocycles. The fourth-order valence-corrected chi connectivity index (χ4v) is 4.84. The maximum Gasteiger partial charge on any atom is 0.341 e. The highest BCUT2D eigenvalue weighted by Crippen LogP contribution is 2.40. The summed E-state index contributed by atoms with van der Waals surface area (Å²) in [4.78, 5) is 38.7. The maximum absolute atomic E-state index is 12.7. The minimum Gasteiger partial charge on any atom is -0.462 e. The number of anilines is 1. The second-order valence-electron chi connectivity index (χ2n) is 7.50. The Kier molecular flexibility index (Phi) is 7.08. The van der Waals surface area contributed by atoms with E-state index in [0.717, 1.165) is 29.7 Å². The van der Waals surface area contributed by atoms with Crippen LogP contribution in [0.1, 0.15) is 63.9 Å². The normalized spacial score (nSPS) is 15.9. The van der Waals surface area contributed by atoms with Crippen LogP contribution in [0.4, 0.5) is 5.00 Å². The lowest BCUT2D eigenvalue weighted by molar-refractivity contribution is -0.123. The number of benzene rings is 1. The predicted octanol–water partition coefficient (Wildman–Crippen LogP) is 4.11. The van der Waals surface area contributed by atoms with E-state index in [4.69, 9.17) is 14.7 Å². The molecular formula is C23H24N2O5S. The predicted molar refractivity (Wildman–Crippen MR) is 116 cm³/mol. The van der Waals surface area contributed by atoms with Crippen LogP contribution in [0, 0.1) is 17.2 Å². The van der Waals surface area contributed by atoms with Gasteiger partial charge in [-0.2, -0.15) is 5.26 Å². The first-order chi connectivity index (χ1) is 14.8. The van der Waals surface area contributed by atoms with Crippen LogP contribution in [0.5, 0.6) is 0 Å². The monoisotopic (exact) mass is 440 g/mol. The molecule has 1 aliphatic rings. The lowest BCUT2D eigenvalue weighted by atomic mass is 9.88. The van der Waals surface area contributed by atoms with Gasteiger partial charge in [0, 0.05) is 4.88 Å². The molecule has 0 saturated heterocycles. The Morgan fingerprint density at radius 2 is 1.97 bits per heavy atom. The summed E-state index contributed by atoms with van der Waals surface area (Å²) < 4.78 is 10.5. The van der Waals surface area contributed by atoms with Gasteiger partial charge in [-0.1, -0.05) is 6.92 Å². The number of fused-ring (bicyclic) bond motifs is 1. The van der Waals surface area contributed by atoms with E-state index in [9.17, 15) is 14.4 Å². The van der Waals surface area contributed by atoms with E-state index >= 15 is 0 Å². The van der Waals surface area contributed by atoms with Crippen molar-refractivity contribution in [2.75, 3.05) is 11.9 Å². The van der Waals surface area contributed by atoms with Gasteiger partial charge in [0.2, 0.25) is 0 Å². The number of ether oxygens (including phenoxy) is 2. The molecule has 162 valence electrons. The van der Waals surface area contributed by atoms with Gasteiger partial charge < -0.3 is 14.8 Å². The third kappa shape index (κ3) is 5.12. The molecule has 1 aromatic carbocycles. The third-order valence-electron chi connectivity index (χ3n) is 5.13. The number of hydrogen-bond donors (Lipinski definition) is 1. The number of nitrogens with one attached hydrogen (secondary N) is 1. The van der Waals surface area contributed by atoms with Gasteiger partial charge in [0.05, 0.1) is 29.4 Å². The Labute approximate surface area is 185 Å². The number of esters is 2. The van der Waals surface area contributed by atoms with Crippen molar-refractivity contribution < 1.29 is 23.9 Å². The lowest BCUT2D eigenvalue weighted by Crippen LogP contribution is -2.30. The van der Waals surface area contributed by atoms with E-state index in [0.29, 0.717) is 22.0 Å². The van der Waals surface area contributed by atoms with Crippen molar-refractivity contribution in [3.63, 3.8) is 0 Å². The Morgan fingerprint density at radius 3 is 2.61 bits per heavy atom. The fraction of sp³-hybridized carbons (Fsp3) is 0.391. The van der Waals surface area contributed by atoms with Crippen molar-refractivity contribution in [1.29, 1.82) is 5.26 Å². The standard InChI is InChI=1S/C23H24N2O5S/c1-4-29-23(28)19-17-10-5-13(2)11-18(17)31-21(19)25-20(26)14(3)30-22(27)16-8-6-15(12-24)7-9-16/h6-9,13-14H,4-5,10-11H2,1-3H3,(H,25,26)/t13-,14-/m0/s1. The Morgan fingerprint density at radius 1 is 1.26 bits per heavy atom. The van der Waals surface area contributed by atoms with E-state index < -0.39 is 23.9 Å². The summed E-state index contributed by atoms with van der Waals surface area (Å²) in [6, 6.07) is 7.92. The zero-order valence-corrected chi connectivity index (χ0v) is 18.5. The minimum atomic E-state index is -1.07. The number of amides is 1. The molecule has 0 bridgehead atoms. The summed E-state index contributed by atoms with van der Waals surface area (Å²) in [6.07, 6.45) is 1.52. The largest absolute Gasteiger partial charge is 0.462 e. The molecule has 0 unspecified atom stereocenters. The van der Waals surface area contributed by atoms with Crippen LogP contribution in [0.25, 0.3) is 0 Å². The second kappa shape index (κ2) is 9.75. The molecule has 7 nitrogen and oxygen atoms in total. The molecule has 1 aliphatic carbocycles. The minimum absolute atomic E-state index is 0.242. The van der Waals surface area contributed by atoms with Gasteiger partial charge in [0.15, 0.2) is 6.10 Å². The number of nitrogens with zero attached hydrogens (tertiary/aromatic N) is 1. The molecule has 31 heavy (non-hydrogen) atoms. The summed E-state index contributed by atoms with van der Waals surface area (Å²) >= 11 is 1.38. The van der Waals surface area contributed by atoms with Crippen LogP contribution in [0.15, 0.2) is 24.3 Å². The molecule has 2 aromatic rings. The average molecular weight is 441 g/mol. The highest BCUT2D eigenvalue weighted by molar-refractivity contribution is 7.17. The van der Waals surface area contributed by atoms with E-state index in [1.54, 1.807) is 6.92 Å². The first-order valence-corrected chi connectivity index (χ1v) is 11.0. The van der Waals surface area contributed by atoms with Crippen molar-refractivity contribution in [1.82, 2.24) is 0 Å². The number of rotatable bonds is 6. The van der Waals surface area contributed by atoms with Crippen molar-refractivity contribution in [2.24, 2.45) is 5.92 Å². The average Bonchev–Trinajstić information content (AvgIpc) is 3.10. The molecule has 0 radical (unpaired) electrons. The lowest BCUT2D eigenvalue weighted by Gasteiger charge is -2.18. The van der Waals surface area contributed by atoms with Gasteiger partial charge in [-0.05, 0) is 68.9 Å². The topological polar surface area (TPSA) is 105 Å². The molecule has 8 heteroatoms. The number of thiophene rings is 1.